The first-order valence-corrected chi connectivity index (χ1v) is 7.94. The first kappa shape index (κ1) is 15.0. The van der Waals surface area contributed by atoms with Crippen LogP contribution in [0, 0.1) is 12.8 Å². The van der Waals surface area contributed by atoms with Crippen molar-refractivity contribution in [1.82, 2.24) is 20.0 Å². The molecule has 1 fully saturated rings. The summed E-state index contributed by atoms with van der Waals surface area (Å²) in [5.74, 6) is 0.903. The Morgan fingerprint density at radius 3 is 2.58 bits per heavy atom. The lowest BCUT2D eigenvalue weighted by atomic mass is 9.94. The molecular weight excluding hydrogens is 304 g/mol. The molecule has 2 heterocycles. The highest BCUT2D eigenvalue weighted by Gasteiger charge is 2.16. The van der Waals surface area contributed by atoms with Crippen LogP contribution in [0.5, 0.6) is 0 Å². The van der Waals surface area contributed by atoms with Crippen molar-refractivity contribution in [3.8, 4) is 0 Å². The van der Waals surface area contributed by atoms with Crippen molar-refractivity contribution in [2.75, 3.05) is 26.7 Å². The third kappa shape index (κ3) is 4.04. The Kier molecular flexibility index (Phi) is 5.42. The van der Waals surface area contributed by atoms with Gasteiger partial charge in [0.25, 0.3) is 0 Å². The Morgan fingerprint density at radius 1 is 1.32 bits per heavy atom. The van der Waals surface area contributed by atoms with Gasteiger partial charge in [0.15, 0.2) is 0 Å². The molecule has 1 aliphatic heterocycles. The molecule has 0 aromatic carbocycles. The number of hydrogen-bond donors (Lipinski definition) is 1. The molecule has 5 heteroatoms. The van der Waals surface area contributed by atoms with E-state index >= 15 is 0 Å². The fourth-order valence-corrected chi connectivity index (χ4v) is 3.21. The maximum atomic E-state index is 4.41. The van der Waals surface area contributed by atoms with Gasteiger partial charge in [-0.15, -0.1) is 0 Å². The van der Waals surface area contributed by atoms with Crippen molar-refractivity contribution in [2.24, 2.45) is 13.0 Å². The number of piperidine rings is 1. The summed E-state index contributed by atoms with van der Waals surface area (Å²) in [4.78, 5) is 2.43. The minimum absolute atomic E-state index is 0.893. The second-order valence-corrected chi connectivity index (χ2v) is 6.47. The van der Waals surface area contributed by atoms with Crippen molar-refractivity contribution < 1.29 is 0 Å². The van der Waals surface area contributed by atoms with E-state index in [4.69, 9.17) is 0 Å². The van der Waals surface area contributed by atoms with Gasteiger partial charge in [-0.05, 0) is 74.7 Å². The van der Waals surface area contributed by atoms with E-state index in [0.717, 1.165) is 29.2 Å². The molecule has 1 saturated heterocycles. The highest BCUT2D eigenvalue weighted by Crippen LogP contribution is 2.21. The molecule has 0 saturated carbocycles. The van der Waals surface area contributed by atoms with Crippen molar-refractivity contribution >= 4 is 15.9 Å². The fraction of sp³-hybridized carbons (Fsp3) is 0.786. The molecule has 0 amide bonds. The maximum Gasteiger partial charge on any atom is 0.0739 e. The first-order chi connectivity index (χ1) is 9.08. The zero-order valence-electron chi connectivity index (χ0n) is 12.2. The highest BCUT2D eigenvalue weighted by molar-refractivity contribution is 9.10. The SMILES string of the molecule is Cc1nn(C)c(CNCCC2CCN(C)CC2)c1Br. The van der Waals surface area contributed by atoms with Crippen molar-refractivity contribution in [3.05, 3.63) is 15.9 Å². The van der Waals surface area contributed by atoms with E-state index in [-0.39, 0.29) is 0 Å². The van der Waals surface area contributed by atoms with E-state index in [1.807, 2.05) is 18.7 Å². The third-order valence-electron chi connectivity index (χ3n) is 4.12. The number of nitrogens with one attached hydrogen (secondary N) is 1. The van der Waals surface area contributed by atoms with E-state index in [1.165, 1.54) is 38.0 Å². The first-order valence-electron chi connectivity index (χ1n) is 7.15. The smallest absolute Gasteiger partial charge is 0.0739 e. The van der Waals surface area contributed by atoms with Gasteiger partial charge in [0.1, 0.15) is 0 Å². The monoisotopic (exact) mass is 328 g/mol. The summed E-state index contributed by atoms with van der Waals surface area (Å²) >= 11 is 3.61. The molecule has 1 aliphatic rings. The van der Waals surface area contributed by atoms with E-state index in [1.54, 1.807) is 0 Å². The lowest BCUT2D eigenvalue weighted by Crippen LogP contribution is -2.31. The fourth-order valence-electron chi connectivity index (χ4n) is 2.74. The molecule has 0 atom stereocenters. The number of nitrogens with zero attached hydrogens (tertiary/aromatic N) is 3. The summed E-state index contributed by atoms with van der Waals surface area (Å²) in [6.07, 6.45) is 4.00. The molecule has 1 aromatic rings. The van der Waals surface area contributed by atoms with Gasteiger partial charge in [-0.1, -0.05) is 0 Å². The molecule has 0 unspecified atom stereocenters. The van der Waals surface area contributed by atoms with Crippen LogP contribution in [0.15, 0.2) is 4.47 Å². The molecular formula is C14H25BrN4. The number of aryl methyl sites for hydroxylation is 2. The summed E-state index contributed by atoms with van der Waals surface area (Å²) in [5.41, 5.74) is 2.30. The van der Waals surface area contributed by atoms with Crippen LogP contribution in [0.1, 0.15) is 30.7 Å². The van der Waals surface area contributed by atoms with Crippen molar-refractivity contribution in [3.63, 3.8) is 0 Å². The van der Waals surface area contributed by atoms with E-state index in [2.05, 4.69) is 38.3 Å². The molecule has 0 bridgehead atoms. The number of likely N-dealkylation sites (tertiary alicyclic amines) is 1. The average Bonchev–Trinajstić information content (AvgIpc) is 2.62. The Morgan fingerprint density at radius 2 is 2.00 bits per heavy atom. The maximum absolute atomic E-state index is 4.41. The average molecular weight is 329 g/mol. The molecule has 4 nitrogen and oxygen atoms in total. The summed E-state index contributed by atoms with van der Waals surface area (Å²) in [6, 6.07) is 0. The number of rotatable bonds is 5. The Labute approximate surface area is 124 Å². The van der Waals surface area contributed by atoms with Crippen LogP contribution in [-0.2, 0) is 13.6 Å². The number of aromatic nitrogens is 2. The lowest BCUT2D eigenvalue weighted by molar-refractivity contribution is 0.211. The van der Waals surface area contributed by atoms with E-state index in [9.17, 15) is 0 Å². The van der Waals surface area contributed by atoms with E-state index < -0.39 is 0 Å². The summed E-state index contributed by atoms with van der Waals surface area (Å²) in [7, 11) is 4.22. The van der Waals surface area contributed by atoms with Gasteiger partial charge in [-0.25, -0.2) is 0 Å². The number of hydrogen-bond acceptors (Lipinski definition) is 3. The third-order valence-corrected chi connectivity index (χ3v) is 5.15. The quantitative estimate of drug-likeness (QED) is 0.842. The highest BCUT2D eigenvalue weighted by atomic mass is 79.9. The van der Waals surface area contributed by atoms with Crippen LogP contribution in [0.4, 0.5) is 0 Å². The molecule has 2 rings (SSSR count). The largest absolute Gasteiger partial charge is 0.311 e. The van der Waals surface area contributed by atoms with Gasteiger partial charge in [0, 0.05) is 13.6 Å². The molecule has 108 valence electrons. The van der Waals surface area contributed by atoms with Crippen LogP contribution >= 0.6 is 15.9 Å². The standard InChI is InChI=1S/C14H25BrN4/c1-11-14(15)13(19(3)17-11)10-16-7-4-12-5-8-18(2)9-6-12/h12,16H,4-10H2,1-3H3. The lowest BCUT2D eigenvalue weighted by Gasteiger charge is -2.28. The van der Waals surface area contributed by atoms with Crippen LogP contribution in [0.3, 0.4) is 0 Å². The van der Waals surface area contributed by atoms with Crippen LogP contribution in [-0.4, -0.2) is 41.4 Å². The Hall–Kier alpha value is -0.390. The van der Waals surface area contributed by atoms with Gasteiger partial charge >= 0.3 is 0 Å². The zero-order chi connectivity index (χ0) is 13.8. The Bertz CT molecular complexity index is 408. The van der Waals surface area contributed by atoms with Gasteiger partial charge in [0.05, 0.1) is 15.9 Å². The molecule has 0 radical (unpaired) electrons. The van der Waals surface area contributed by atoms with E-state index in [0.29, 0.717) is 0 Å². The van der Waals surface area contributed by atoms with Gasteiger partial charge < -0.3 is 10.2 Å². The predicted octanol–water partition coefficient (Wildman–Crippen LogP) is 2.31. The number of halogens is 1. The van der Waals surface area contributed by atoms with Crippen LogP contribution in [0.2, 0.25) is 0 Å². The minimum atomic E-state index is 0.893. The topological polar surface area (TPSA) is 33.1 Å². The van der Waals surface area contributed by atoms with Crippen LogP contribution < -0.4 is 5.32 Å². The zero-order valence-corrected chi connectivity index (χ0v) is 13.8. The minimum Gasteiger partial charge on any atom is -0.311 e. The molecule has 1 N–H and O–H groups in total. The second kappa shape index (κ2) is 6.86. The summed E-state index contributed by atoms with van der Waals surface area (Å²) in [6.45, 7) is 6.55. The molecule has 0 spiro atoms. The summed E-state index contributed by atoms with van der Waals surface area (Å²) < 4.78 is 3.10. The predicted molar refractivity (Wildman–Crippen MR) is 82.2 cm³/mol. The molecule has 0 aliphatic carbocycles. The van der Waals surface area contributed by atoms with Gasteiger partial charge in [-0.3, -0.25) is 4.68 Å². The van der Waals surface area contributed by atoms with Crippen LogP contribution in [0.25, 0.3) is 0 Å². The normalized spacial score (nSPS) is 18.1. The second-order valence-electron chi connectivity index (χ2n) is 5.68. The van der Waals surface area contributed by atoms with Crippen molar-refractivity contribution in [2.45, 2.75) is 32.7 Å². The Balaban J connectivity index is 1.69. The summed E-state index contributed by atoms with van der Waals surface area (Å²) in [5, 5.41) is 7.96. The van der Waals surface area contributed by atoms with Crippen molar-refractivity contribution in [1.29, 1.82) is 0 Å². The van der Waals surface area contributed by atoms with Gasteiger partial charge in [-0.2, -0.15) is 5.10 Å². The molecule has 1 aromatic heterocycles. The van der Waals surface area contributed by atoms with Gasteiger partial charge in [0.2, 0.25) is 0 Å². The molecule has 19 heavy (non-hydrogen) atoms.